The lowest BCUT2D eigenvalue weighted by Crippen LogP contribution is -2.37. The molecule has 10 heteroatoms. The van der Waals surface area contributed by atoms with Crippen LogP contribution in [-0.2, 0) is 27.3 Å². The maximum absolute atomic E-state index is 10.2. The largest absolute Gasteiger partial charge is 0.760 e. The van der Waals surface area contributed by atoms with Gasteiger partial charge in [-0.05, 0) is 12.1 Å². The number of nitrogens with one attached hydrogen (secondary N) is 1. The summed E-state index contributed by atoms with van der Waals surface area (Å²) < 4.78 is 54.3. The third-order valence-corrected chi connectivity index (χ3v) is 3.64. The SMILES string of the molecule is COc1cccc(NS(=O)[O-])c1.O=S([O-])N1CCOCC1. The average molecular weight is 336 g/mol. The molecule has 1 aromatic carbocycles. The highest BCUT2D eigenvalue weighted by Gasteiger charge is 2.09. The zero-order valence-corrected chi connectivity index (χ0v) is 13.0. The van der Waals surface area contributed by atoms with E-state index in [1.807, 2.05) is 0 Å². The number of hydrogen-bond donors (Lipinski definition) is 1. The summed E-state index contributed by atoms with van der Waals surface area (Å²) in [5, 5.41) is 0. The van der Waals surface area contributed by atoms with Crippen LogP contribution in [0.25, 0.3) is 0 Å². The number of ether oxygens (including phenoxy) is 2. The summed E-state index contributed by atoms with van der Waals surface area (Å²) in [6.45, 7) is 2.04. The molecule has 1 fully saturated rings. The second-order valence-corrected chi connectivity index (χ2v) is 5.45. The molecule has 1 aromatic rings. The van der Waals surface area contributed by atoms with Gasteiger partial charge in [0.25, 0.3) is 0 Å². The van der Waals surface area contributed by atoms with Gasteiger partial charge in [0.05, 0.1) is 20.3 Å². The van der Waals surface area contributed by atoms with Gasteiger partial charge in [-0.25, -0.2) is 4.31 Å². The highest BCUT2D eigenvalue weighted by molar-refractivity contribution is 7.80. The molecule has 0 bridgehead atoms. The van der Waals surface area contributed by atoms with E-state index in [9.17, 15) is 17.5 Å². The zero-order chi connectivity index (χ0) is 15.7. The van der Waals surface area contributed by atoms with Crippen LogP contribution in [0, 0.1) is 0 Å². The summed E-state index contributed by atoms with van der Waals surface area (Å²) in [4.78, 5) is 0. The van der Waals surface area contributed by atoms with E-state index in [4.69, 9.17) is 9.47 Å². The van der Waals surface area contributed by atoms with Gasteiger partial charge in [-0.2, -0.15) is 0 Å². The molecule has 8 nitrogen and oxygen atoms in total. The van der Waals surface area contributed by atoms with Crippen LogP contribution in [0.15, 0.2) is 24.3 Å². The molecule has 2 rings (SSSR count). The Bertz CT molecular complexity index is 482. The first kappa shape index (κ1) is 18.0. The second-order valence-electron chi connectivity index (χ2n) is 3.83. The first-order chi connectivity index (χ1) is 10.0. The van der Waals surface area contributed by atoms with Crippen molar-refractivity contribution in [3.63, 3.8) is 0 Å². The molecular formula is C11H16N2O6S2-2. The number of morpholine rings is 1. The molecule has 0 radical (unpaired) electrons. The standard InChI is InChI=1S/C7H9NO3S.C4H9NO3S/c1-11-7-4-2-3-6(5-7)8-12(9)10;6-9(7)5-1-3-8-4-2-5/h2-5,8H,1H3,(H,9,10);1-4H2,(H,6,7)/p-2. The Morgan fingerprint density at radius 1 is 1.29 bits per heavy atom. The number of rotatable bonds is 4. The molecule has 1 saturated heterocycles. The van der Waals surface area contributed by atoms with Crippen molar-refractivity contribution in [3.8, 4) is 5.75 Å². The fraction of sp³-hybridized carbons (Fsp3) is 0.455. The topological polar surface area (TPSA) is 114 Å². The van der Waals surface area contributed by atoms with Crippen LogP contribution in [0.2, 0.25) is 0 Å². The molecule has 0 amide bonds. The maximum atomic E-state index is 10.2. The third-order valence-electron chi connectivity index (χ3n) is 2.45. The zero-order valence-electron chi connectivity index (χ0n) is 11.4. The predicted octanol–water partition coefficient (Wildman–Crippen LogP) is 0.0139. The molecular weight excluding hydrogens is 320 g/mol. The normalized spacial score (nSPS) is 18.0. The van der Waals surface area contributed by atoms with Gasteiger partial charge in [0.1, 0.15) is 5.75 Å². The minimum atomic E-state index is -2.28. The van der Waals surface area contributed by atoms with Crippen molar-refractivity contribution >= 4 is 28.2 Å². The fourth-order valence-electron chi connectivity index (χ4n) is 1.48. The molecule has 0 spiro atoms. The quantitative estimate of drug-likeness (QED) is 0.775. The summed E-state index contributed by atoms with van der Waals surface area (Å²) in [6.07, 6.45) is 0. The van der Waals surface area contributed by atoms with E-state index >= 15 is 0 Å². The van der Waals surface area contributed by atoms with Crippen molar-refractivity contribution in [2.24, 2.45) is 0 Å². The first-order valence-electron chi connectivity index (χ1n) is 5.95. The Morgan fingerprint density at radius 2 is 1.95 bits per heavy atom. The summed E-state index contributed by atoms with van der Waals surface area (Å²) in [5.74, 6) is 0.616. The third kappa shape index (κ3) is 7.50. The number of anilines is 1. The van der Waals surface area contributed by atoms with E-state index in [2.05, 4.69) is 4.72 Å². The van der Waals surface area contributed by atoms with Crippen molar-refractivity contribution in [2.75, 3.05) is 38.1 Å². The molecule has 1 aliphatic rings. The van der Waals surface area contributed by atoms with Crippen LogP contribution in [0.1, 0.15) is 0 Å². The van der Waals surface area contributed by atoms with Gasteiger partial charge < -0.3 is 23.3 Å². The Kier molecular flexibility index (Phi) is 8.42. The molecule has 0 aliphatic carbocycles. The molecule has 21 heavy (non-hydrogen) atoms. The smallest absolute Gasteiger partial charge is 0.120 e. The van der Waals surface area contributed by atoms with E-state index in [1.54, 1.807) is 24.3 Å². The van der Waals surface area contributed by atoms with E-state index in [0.29, 0.717) is 37.7 Å². The van der Waals surface area contributed by atoms with E-state index in [1.165, 1.54) is 11.4 Å². The van der Waals surface area contributed by atoms with Crippen LogP contribution in [0.4, 0.5) is 5.69 Å². The average Bonchev–Trinajstić information content (AvgIpc) is 2.48. The van der Waals surface area contributed by atoms with E-state index < -0.39 is 22.5 Å². The van der Waals surface area contributed by atoms with E-state index in [-0.39, 0.29) is 0 Å². The number of methoxy groups -OCH3 is 1. The Morgan fingerprint density at radius 3 is 2.43 bits per heavy atom. The van der Waals surface area contributed by atoms with Gasteiger partial charge in [0.2, 0.25) is 0 Å². The minimum absolute atomic E-state index is 0.489. The molecule has 0 aromatic heterocycles. The van der Waals surface area contributed by atoms with Gasteiger partial charge in [-0.15, -0.1) is 0 Å². The highest BCUT2D eigenvalue weighted by Crippen LogP contribution is 2.16. The van der Waals surface area contributed by atoms with Crippen molar-refractivity contribution in [1.82, 2.24) is 4.31 Å². The summed E-state index contributed by atoms with van der Waals surface area (Å²) in [5.41, 5.74) is 0.489. The van der Waals surface area contributed by atoms with Crippen LogP contribution in [-0.4, -0.2) is 55.2 Å². The molecule has 2 atom stereocenters. The molecule has 0 saturated carbocycles. The Balaban J connectivity index is 0.000000219. The summed E-state index contributed by atoms with van der Waals surface area (Å²) in [6, 6.07) is 6.67. The first-order valence-corrected chi connectivity index (χ1v) is 8.05. The van der Waals surface area contributed by atoms with Crippen LogP contribution < -0.4 is 9.46 Å². The van der Waals surface area contributed by atoms with E-state index in [0.717, 1.165) is 0 Å². The van der Waals surface area contributed by atoms with Gasteiger partial charge in [0.15, 0.2) is 0 Å². The number of hydrogen-bond acceptors (Lipinski definition) is 6. The fourth-order valence-corrected chi connectivity index (χ4v) is 2.25. The number of nitrogens with zero attached hydrogens (tertiary/aromatic N) is 1. The number of benzene rings is 1. The Hall–Kier alpha value is -1.04. The summed E-state index contributed by atoms with van der Waals surface area (Å²) >= 11 is -4.33. The van der Waals surface area contributed by atoms with Crippen molar-refractivity contribution in [1.29, 1.82) is 0 Å². The second kappa shape index (κ2) is 9.82. The van der Waals surface area contributed by atoms with Crippen LogP contribution in [0.3, 0.4) is 0 Å². The van der Waals surface area contributed by atoms with Gasteiger partial charge in [-0.1, -0.05) is 6.07 Å². The minimum Gasteiger partial charge on any atom is -0.760 e. The van der Waals surface area contributed by atoms with Crippen LogP contribution in [0.5, 0.6) is 5.75 Å². The van der Waals surface area contributed by atoms with Crippen LogP contribution >= 0.6 is 0 Å². The summed E-state index contributed by atoms with van der Waals surface area (Å²) in [7, 11) is 1.52. The van der Waals surface area contributed by atoms with Crippen molar-refractivity contribution in [2.45, 2.75) is 0 Å². The molecule has 2 unspecified atom stereocenters. The lowest BCUT2D eigenvalue weighted by atomic mass is 10.3. The molecule has 120 valence electrons. The monoisotopic (exact) mass is 336 g/mol. The molecule has 1 heterocycles. The van der Waals surface area contributed by atoms with Crippen molar-refractivity contribution < 1.29 is 27.0 Å². The van der Waals surface area contributed by atoms with Crippen molar-refractivity contribution in [3.05, 3.63) is 24.3 Å². The predicted molar refractivity (Wildman–Crippen MR) is 76.8 cm³/mol. The molecule has 1 aliphatic heterocycles. The van der Waals surface area contributed by atoms with Gasteiger partial charge >= 0.3 is 0 Å². The molecule has 1 N–H and O–H groups in total. The van der Waals surface area contributed by atoms with Gasteiger partial charge in [-0.3, -0.25) is 8.42 Å². The lowest BCUT2D eigenvalue weighted by Gasteiger charge is -2.27. The lowest BCUT2D eigenvalue weighted by molar-refractivity contribution is 0.0721. The maximum Gasteiger partial charge on any atom is 0.120 e. The Labute approximate surface area is 128 Å². The highest BCUT2D eigenvalue weighted by atomic mass is 32.2. The van der Waals surface area contributed by atoms with Gasteiger partial charge in [0, 0.05) is 47.4 Å².